The molecule has 1 saturated heterocycles. The van der Waals surface area contributed by atoms with Crippen LogP contribution >= 0.6 is 0 Å². The molecule has 1 saturated carbocycles. The van der Waals surface area contributed by atoms with E-state index in [0.717, 1.165) is 24.7 Å². The molecule has 1 aromatic carbocycles. The first-order valence-electron chi connectivity index (χ1n) is 10.2. The van der Waals surface area contributed by atoms with Gasteiger partial charge in [0.05, 0.1) is 13.4 Å². The molecule has 4 heterocycles. The zero-order chi connectivity index (χ0) is 21.1. The van der Waals surface area contributed by atoms with E-state index in [4.69, 9.17) is 9.26 Å². The van der Waals surface area contributed by atoms with Crippen molar-refractivity contribution in [2.24, 2.45) is 18.9 Å². The minimum atomic E-state index is -0.178. The molecule has 2 unspecified atom stereocenters. The number of nitrogens with zero attached hydrogens (tertiary/aromatic N) is 7. The molecule has 1 aliphatic carbocycles. The topological polar surface area (TPSA) is 104 Å². The summed E-state index contributed by atoms with van der Waals surface area (Å²) in [5.74, 6) is 3.40. The Bertz CT molecular complexity index is 1310. The highest BCUT2D eigenvalue weighted by atomic mass is 16.5. The van der Waals surface area contributed by atoms with Crippen molar-refractivity contribution in [3.8, 4) is 5.75 Å². The molecule has 4 aromatic rings. The van der Waals surface area contributed by atoms with Crippen LogP contribution in [0.4, 0.5) is 5.69 Å². The summed E-state index contributed by atoms with van der Waals surface area (Å²) in [5, 5.41) is 4.20. The minimum absolute atomic E-state index is 0.178. The molecule has 0 amide bonds. The number of hydrogen-bond donors (Lipinski definition) is 0. The number of ether oxygens (including phenoxy) is 1. The molecule has 6 rings (SSSR count). The van der Waals surface area contributed by atoms with Gasteiger partial charge in [0.25, 0.3) is 5.56 Å². The van der Waals surface area contributed by atoms with Gasteiger partial charge >= 0.3 is 0 Å². The summed E-state index contributed by atoms with van der Waals surface area (Å²) in [4.78, 5) is 28.0. The second kappa shape index (κ2) is 6.66. The number of rotatable bonds is 5. The summed E-state index contributed by atoms with van der Waals surface area (Å²) in [6.45, 7) is 2.15. The van der Waals surface area contributed by atoms with E-state index in [-0.39, 0.29) is 12.1 Å². The third-order valence-electron chi connectivity index (χ3n) is 6.42. The Morgan fingerprint density at radius 2 is 1.87 bits per heavy atom. The largest absolute Gasteiger partial charge is 0.497 e. The van der Waals surface area contributed by atoms with Crippen molar-refractivity contribution in [1.82, 2.24) is 29.2 Å². The molecule has 0 radical (unpaired) electrons. The molecule has 31 heavy (non-hydrogen) atoms. The molecule has 10 nitrogen and oxygen atoms in total. The lowest BCUT2D eigenvalue weighted by molar-refractivity contribution is 0.363. The van der Waals surface area contributed by atoms with Gasteiger partial charge in [0, 0.05) is 31.7 Å². The maximum atomic E-state index is 12.7. The second-order valence-corrected chi connectivity index (χ2v) is 8.21. The monoisotopic (exact) mass is 419 g/mol. The molecule has 158 valence electrons. The van der Waals surface area contributed by atoms with Crippen molar-refractivity contribution in [3.05, 3.63) is 59.0 Å². The first-order valence-corrected chi connectivity index (χ1v) is 10.2. The van der Waals surface area contributed by atoms with Crippen molar-refractivity contribution in [2.45, 2.75) is 12.5 Å². The van der Waals surface area contributed by atoms with E-state index in [1.165, 1.54) is 16.6 Å². The van der Waals surface area contributed by atoms with E-state index in [2.05, 4.69) is 37.1 Å². The summed E-state index contributed by atoms with van der Waals surface area (Å²) < 4.78 is 13.8. The Labute approximate surface area is 177 Å². The van der Waals surface area contributed by atoms with E-state index in [1.54, 1.807) is 25.1 Å². The third kappa shape index (κ3) is 2.89. The Balaban J connectivity index is 1.15. The normalized spacial score (nSPS) is 22.1. The summed E-state index contributed by atoms with van der Waals surface area (Å²) in [5.41, 5.74) is 1.92. The van der Waals surface area contributed by atoms with Crippen LogP contribution in [-0.2, 0) is 13.6 Å². The first kappa shape index (κ1) is 18.1. The van der Waals surface area contributed by atoms with Crippen LogP contribution in [0.15, 0.2) is 46.2 Å². The van der Waals surface area contributed by atoms with E-state index in [9.17, 15) is 4.79 Å². The highest BCUT2D eigenvalue weighted by Crippen LogP contribution is 2.57. The Morgan fingerprint density at radius 1 is 1.13 bits per heavy atom. The van der Waals surface area contributed by atoms with Gasteiger partial charge in [0.15, 0.2) is 17.0 Å². The van der Waals surface area contributed by atoms with E-state index < -0.39 is 0 Å². The minimum Gasteiger partial charge on any atom is -0.497 e. The van der Waals surface area contributed by atoms with Crippen molar-refractivity contribution in [3.63, 3.8) is 0 Å². The number of hydrogen-bond acceptors (Lipinski definition) is 8. The Hall–Kier alpha value is -3.69. The molecule has 0 N–H and O–H groups in total. The molecule has 0 spiro atoms. The van der Waals surface area contributed by atoms with Crippen LogP contribution in [-0.4, -0.2) is 49.4 Å². The summed E-state index contributed by atoms with van der Waals surface area (Å²) in [7, 11) is 3.45. The number of fused-ring (bicyclic) bond motifs is 2. The fourth-order valence-electron chi connectivity index (χ4n) is 4.71. The number of aryl methyl sites for hydroxylation is 1. The molecule has 3 aromatic heterocycles. The van der Waals surface area contributed by atoms with Crippen LogP contribution in [0.3, 0.4) is 0 Å². The molecular weight excluding hydrogens is 398 g/mol. The van der Waals surface area contributed by atoms with E-state index in [1.807, 2.05) is 12.1 Å². The van der Waals surface area contributed by atoms with Gasteiger partial charge in [0.2, 0.25) is 5.89 Å². The SMILES string of the molecule is COc1ccc(N2CC3C(c4noc(Cn5cnc6ncn(C)c6c5=O)n4)[C@@H]3C2)cc1. The van der Waals surface area contributed by atoms with Gasteiger partial charge in [-0.25, -0.2) is 9.97 Å². The smallest absolute Gasteiger partial charge is 0.280 e. The highest BCUT2D eigenvalue weighted by molar-refractivity contribution is 5.68. The molecule has 10 heteroatoms. The van der Waals surface area contributed by atoms with Crippen molar-refractivity contribution in [2.75, 3.05) is 25.1 Å². The first-order chi connectivity index (χ1) is 15.1. The molecule has 1 aliphatic heterocycles. The van der Waals surface area contributed by atoms with E-state index >= 15 is 0 Å². The van der Waals surface area contributed by atoms with Gasteiger partial charge in [-0.15, -0.1) is 0 Å². The molecule has 2 aliphatic rings. The van der Waals surface area contributed by atoms with Gasteiger partial charge in [-0.3, -0.25) is 9.36 Å². The predicted octanol–water partition coefficient (Wildman–Crippen LogP) is 1.42. The zero-order valence-electron chi connectivity index (χ0n) is 17.2. The maximum absolute atomic E-state index is 12.7. The van der Waals surface area contributed by atoms with Gasteiger partial charge in [0.1, 0.15) is 18.6 Å². The van der Waals surface area contributed by atoms with Crippen molar-refractivity contribution >= 4 is 16.9 Å². The maximum Gasteiger partial charge on any atom is 0.280 e. The summed E-state index contributed by atoms with van der Waals surface area (Å²) in [6, 6.07) is 8.16. The number of methoxy groups -OCH3 is 1. The number of aromatic nitrogens is 6. The number of piperidine rings is 1. The van der Waals surface area contributed by atoms with Gasteiger partial charge in [-0.1, -0.05) is 5.16 Å². The van der Waals surface area contributed by atoms with Crippen LogP contribution in [0.1, 0.15) is 17.6 Å². The Morgan fingerprint density at radius 3 is 2.61 bits per heavy atom. The fourth-order valence-corrected chi connectivity index (χ4v) is 4.71. The molecule has 2 fully saturated rings. The molecular formula is C21H21N7O3. The van der Waals surface area contributed by atoms with Crippen LogP contribution in [0.2, 0.25) is 0 Å². The summed E-state index contributed by atoms with van der Waals surface area (Å²) >= 11 is 0. The van der Waals surface area contributed by atoms with Crippen molar-refractivity contribution in [1.29, 1.82) is 0 Å². The van der Waals surface area contributed by atoms with E-state index in [0.29, 0.717) is 34.8 Å². The standard InChI is InChI=1S/C21H21N7O3/c1-26-10-22-20-18(26)21(29)28(11-23-20)9-16-24-19(25-31-16)17-14-7-27(8-15(14)17)12-3-5-13(30-2)6-4-12/h3-6,10-11,14-15,17H,7-9H2,1-2H3/t14-,15?,17?/m1/s1. The number of benzene rings is 1. The number of imidazole rings is 1. The van der Waals surface area contributed by atoms with Crippen LogP contribution in [0.5, 0.6) is 5.75 Å². The quantitative estimate of drug-likeness (QED) is 0.478. The molecule has 3 atom stereocenters. The van der Waals surface area contributed by atoms with Crippen LogP contribution < -0.4 is 15.2 Å². The van der Waals surface area contributed by atoms with Gasteiger partial charge < -0.3 is 18.7 Å². The lowest BCUT2D eigenvalue weighted by atomic mass is 10.2. The lowest BCUT2D eigenvalue weighted by Crippen LogP contribution is -2.23. The summed E-state index contributed by atoms with van der Waals surface area (Å²) in [6.07, 6.45) is 3.05. The van der Waals surface area contributed by atoms with Crippen LogP contribution in [0, 0.1) is 11.8 Å². The van der Waals surface area contributed by atoms with Crippen molar-refractivity contribution < 1.29 is 9.26 Å². The van der Waals surface area contributed by atoms with Crippen LogP contribution in [0.25, 0.3) is 11.2 Å². The fraction of sp³-hybridized carbons (Fsp3) is 0.381. The Kier molecular flexibility index (Phi) is 3.89. The lowest BCUT2D eigenvalue weighted by Gasteiger charge is -2.21. The van der Waals surface area contributed by atoms with Gasteiger partial charge in [-0.2, -0.15) is 4.98 Å². The number of anilines is 1. The molecule has 0 bridgehead atoms. The third-order valence-corrected chi connectivity index (χ3v) is 6.42. The second-order valence-electron chi connectivity index (χ2n) is 8.21. The highest BCUT2D eigenvalue weighted by Gasteiger charge is 2.58. The average Bonchev–Trinajstić information content (AvgIpc) is 3.21. The van der Waals surface area contributed by atoms with Gasteiger partial charge in [-0.05, 0) is 36.1 Å². The predicted molar refractivity (Wildman–Crippen MR) is 111 cm³/mol. The average molecular weight is 419 g/mol. The zero-order valence-corrected chi connectivity index (χ0v) is 17.2.